The van der Waals surface area contributed by atoms with Gasteiger partial charge < -0.3 is 9.47 Å². The molecule has 102 valence electrons. The van der Waals surface area contributed by atoms with Gasteiger partial charge in [0.05, 0.1) is 18.8 Å². The van der Waals surface area contributed by atoms with Gasteiger partial charge in [0.1, 0.15) is 17.0 Å². The number of anilines is 1. The highest BCUT2D eigenvalue weighted by molar-refractivity contribution is 5.92. The molecule has 0 aromatic heterocycles. The number of hydrogen-bond acceptors (Lipinski definition) is 3. The van der Waals surface area contributed by atoms with E-state index in [9.17, 15) is 9.18 Å². The zero-order valence-corrected chi connectivity index (χ0v) is 11.2. The Kier molecular flexibility index (Phi) is 2.41. The minimum absolute atomic E-state index is 0.286. The van der Waals surface area contributed by atoms with E-state index in [1.807, 2.05) is 0 Å². The third kappa shape index (κ3) is 1.98. The van der Waals surface area contributed by atoms with Crippen LogP contribution in [0.15, 0.2) is 18.2 Å². The van der Waals surface area contributed by atoms with Crippen molar-refractivity contribution < 1.29 is 18.7 Å². The minimum Gasteiger partial charge on any atom is -0.443 e. The van der Waals surface area contributed by atoms with Gasteiger partial charge in [0.2, 0.25) is 0 Å². The molecule has 2 heterocycles. The zero-order chi connectivity index (χ0) is 13.8. The molecule has 2 aliphatic rings. The van der Waals surface area contributed by atoms with Crippen molar-refractivity contribution in [1.82, 2.24) is 0 Å². The van der Waals surface area contributed by atoms with Crippen molar-refractivity contribution in [1.29, 1.82) is 0 Å². The van der Waals surface area contributed by atoms with Gasteiger partial charge in [-0.05, 0) is 26.8 Å². The first-order valence-corrected chi connectivity index (χ1v) is 6.26. The average molecular weight is 265 g/mol. The van der Waals surface area contributed by atoms with E-state index >= 15 is 0 Å². The highest BCUT2D eigenvalue weighted by Gasteiger charge is 2.56. The lowest BCUT2D eigenvalue weighted by Gasteiger charge is -2.24. The van der Waals surface area contributed by atoms with Crippen LogP contribution in [-0.4, -0.2) is 24.8 Å². The van der Waals surface area contributed by atoms with E-state index in [1.54, 1.807) is 32.9 Å². The van der Waals surface area contributed by atoms with Gasteiger partial charge in [-0.15, -0.1) is 0 Å². The fourth-order valence-corrected chi connectivity index (χ4v) is 2.38. The second kappa shape index (κ2) is 3.70. The number of nitrogens with zero attached hydrogens (tertiary/aromatic N) is 1. The Hall–Kier alpha value is -1.62. The summed E-state index contributed by atoms with van der Waals surface area (Å²) in [5.41, 5.74) is -0.107. The van der Waals surface area contributed by atoms with Crippen LogP contribution < -0.4 is 4.90 Å². The van der Waals surface area contributed by atoms with E-state index in [2.05, 4.69) is 0 Å². The third-order valence-electron chi connectivity index (χ3n) is 3.27. The number of hydrogen-bond donors (Lipinski definition) is 0. The number of benzene rings is 1. The topological polar surface area (TPSA) is 42.1 Å². The van der Waals surface area contributed by atoms with E-state index in [1.165, 1.54) is 11.0 Å². The predicted octanol–water partition coefficient (Wildman–Crippen LogP) is 2.81. The quantitative estimate of drug-likeness (QED) is 0.677. The summed E-state index contributed by atoms with van der Waals surface area (Å²) in [6.07, 6.45) is -0.536. The number of halogens is 1. The molecule has 1 aromatic rings. The fourth-order valence-electron chi connectivity index (χ4n) is 2.38. The largest absolute Gasteiger partial charge is 0.443 e. The van der Waals surface area contributed by atoms with Gasteiger partial charge >= 0.3 is 6.09 Å². The van der Waals surface area contributed by atoms with E-state index in [-0.39, 0.29) is 5.69 Å². The van der Waals surface area contributed by atoms with Crippen LogP contribution in [0.2, 0.25) is 0 Å². The molecule has 1 atom stereocenters. The molecule has 0 radical (unpaired) electrons. The van der Waals surface area contributed by atoms with Crippen molar-refractivity contribution >= 4 is 11.8 Å². The van der Waals surface area contributed by atoms with Crippen molar-refractivity contribution in [2.75, 3.05) is 18.1 Å². The van der Waals surface area contributed by atoms with E-state index in [0.29, 0.717) is 13.2 Å². The van der Waals surface area contributed by atoms with Gasteiger partial charge in [-0.3, -0.25) is 4.90 Å². The molecule has 2 aliphatic heterocycles. The monoisotopic (exact) mass is 265 g/mol. The van der Waals surface area contributed by atoms with Crippen LogP contribution >= 0.6 is 0 Å². The summed E-state index contributed by atoms with van der Waals surface area (Å²) in [5, 5.41) is 0. The third-order valence-corrected chi connectivity index (χ3v) is 3.27. The van der Waals surface area contributed by atoms with Crippen molar-refractivity contribution in [2.45, 2.75) is 32.0 Å². The molecule has 19 heavy (non-hydrogen) atoms. The van der Waals surface area contributed by atoms with Crippen LogP contribution in [-0.2, 0) is 15.1 Å². The van der Waals surface area contributed by atoms with Crippen molar-refractivity contribution in [3.63, 3.8) is 0 Å². The molecular weight excluding hydrogens is 249 g/mol. The maximum atomic E-state index is 14.0. The number of epoxide rings is 1. The van der Waals surface area contributed by atoms with Gasteiger partial charge in [0, 0.05) is 5.56 Å². The average Bonchev–Trinajstić information content (AvgIpc) is 2.95. The first-order chi connectivity index (χ1) is 8.82. The summed E-state index contributed by atoms with van der Waals surface area (Å²) in [5.74, 6) is -0.421. The van der Waals surface area contributed by atoms with Crippen LogP contribution in [0.3, 0.4) is 0 Å². The Bertz CT molecular complexity index is 546. The second-order valence-corrected chi connectivity index (χ2v) is 5.99. The number of carbonyl (C=O) groups excluding carboxylic acids is 1. The molecule has 1 unspecified atom stereocenters. The summed E-state index contributed by atoms with van der Waals surface area (Å²) in [4.78, 5) is 13.5. The first-order valence-electron chi connectivity index (χ1n) is 6.26. The Morgan fingerprint density at radius 2 is 2.16 bits per heavy atom. The van der Waals surface area contributed by atoms with Gasteiger partial charge in [-0.1, -0.05) is 12.1 Å². The maximum Gasteiger partial charge on any atom is 0.415 e. The molecule has 1 spiro atoms. The molecule has 3 rings (SSSR count). The van der Waals surface area contributed by atoms with E-state index < -0.39 is 23.1 Å². The summed E-state index contributed by atoms with van der Waals surface area (Å²) in [7, 11) is 0. The van der Waals surface area contributed by atoms with Crippen molar-refractivity contribution in [3.8, 4) is 0 Å². The molecule has 1 saturated heterocycles. The summed E-state index contributed by atoms with van der Waals surface area (Å²) >= 11 is 0. The van der Waals surface area contributed by atoms with Gasteiger partial charge in [-0.2, -0.15) is 0 Å². The summed E-state index contributed by atoms with van der Waals surface area (Å²) in [6, 6.07) is 4.78. The molecule has 1 aromatic carbocycles. The number of fused-ring (bicyclic) bond motifs is 2. The minimum atomic E-state index is -0.608. The second-order valence-electron chi connectivity index (χ2n) is 5.99. The smallest absolute Gasteiger partial charge is 0.415 e. The lowest BCUT2D eigenvalue weighted by molar-refractivity contribution is 0.0576. The molecule has 1 amide bonds. The Morgan fingerprint density at radius 1 is 1.47 bits per heavy atom. The number of carbonyl (C=O) groups is 1. The summed E-state index contributed by atoms with van der Waals surface area (Å²) in [6.45, 7) is 6.19. The Labute approximate surface area is 111 Å². The van der Waals surface area contributed by atoms with Crippen molar-refractivity contribution in [3.05, 3.63) is 29.6 Å². The summed E-state index contributed by atoms with van der Waals surface area (Å²) < 4.78 is 24.8. The van der Waals surface area contributed by atoms with Crippen LogP contribution in [0.1, 0.15) is 26.3 Å². The molecule has 0 saturated carbocycles. The molecule has 0 bridgehead atoms. The molecule has 1 fully saturated rings. The lowest BCUT2D eigenvalue weighted by atomic mass is 10.0. The van der Waals surface area contributed by atoms with Gasteiger partial charge in [0.25, 0.3) is 0 Å². The molecule has 4 nitrogen and oxygen atoms in total. The normalized spacial score (nSPS) is 24.5. The fraction of sp³-hybridized carbons (Fsp3) is 0.500. The lowest BCUT2D eigenvalue weighted by Crippen LogP contribution is -2.37. The standard InChI is InChI=1S/C14H16FNO3/c1-13(2,3)19-12(17)16-7-14(8-18-14)9-5-4-6-10(15)11(9)16/h4-6H,7-8H2,1-3H3. The zero-order valence-electron chi connectivity index (χ0n) is 11.2. The highest BCUT2D eigenvalue weighted by Crippen LogP contribution is 2.50. The molecule has 5 heteroatoms. The van der Waals surface area contributed by atoms with Gasteiger partial charge in [0.15, 0.2) is 0 Å². The molecule has 0 N–H and O–H groups in total. The van der Waals surface area contributed by atoms with Crippen LogP contribution in [0.25, 0.3) is 0 Å². The maximum absolute atomic E-state index is 14.0. The van der Waals surface area contributed by atoms with Crippen LogP contribution in [0.5, 0.6) is 0 Å². The first kappa shape index (κ1) is 12.4. The van der Waals surface area contributed by atoms with Crippen LogP contribution in [0.4, 0.5) is 14.9 Å². The van der Waals surface area contributed by atoms with E-state index in [4.69, 9.17) is 9.47 Å². The van der Waals surface area contributed by atoms with Crippen LogP contribution in [0, 0.1) is 5.82 Å². The Balaban J connectivity index is 1.96. The predicted molar refractivity (Wildman–Crippen MR) is 67.6 cm³/mol. The SMILES string of the molecule is CC(C)(C)OC(=O)N1CC2(CO2)c2cccc(F)c21. The van der Waals surface area contributed by atoms with Crippen molar-refractivity contribution in [2.24, 2.45) is 0 Å². The van der Waals surface area contributed by atoms with Gasteiger partial charge in [-0.25, -0.2) is 9.18 Å². The number of amides is 1. The molecular formula is C14H16FNO3. The molecule has 0 aliphatic carbocycles. The number of rotatable bonds is 0. The van der Waals surface area contributed by atoms with E-state index in [0.717, 1.165) is 5.56 Å². The number of ether oxygens (including phenoxy) is 2. The number of para-hydroxylation sites is 1. The highest BCUT2D eigenvalue weighted by atomic mass is 19.1. The Morgan fingerprint density at radius 3 is 2.74 bits per heavy atom.